The molecule has 2 heterocycles. The van der Waals surface area contributed by atoms with Crippen molar-refractivity contribution in [2.75, 3.05) is 5.32 Å². The molecule has 0 aliphatic heterocycles. The molecule has 0 atom stereocenters. The first-order valence-electron chi connectivity index (χ1n) is 7.59. The number of allylic oxidation sites excluding steroid dienone is 2. The molecule has 0 unspecified atom stereocenters. The van der Waals surface area contributed by atoms with Crippen LogP contribution in [0.4, 0.5) is 6.01 Å². The summed E-state index contributed by atoms with van der Waals surface area (Å²) >= 11 is 0. The summed E-state index contributed by atoms with van der Waals surface area (Å²) in [5.74, 6) is 0. The molecule has 0 spiro atoms. The van der Waals surface area contributed by atoms with Crippen LogP contribution in [0.2, 0.25) is 0 Å². The van der Waals surface area contributed by atoms with Gasteiger partial charge in [0, 0.05) is 11.1 Å². The van der Waals surface area contributed by atoms with Crippen molar-refractivity contribution in [3.63, 3.8) is 0 Å². The molecule has 4 rings (SSSR count). The molecule has 4 nitrogen and oxygen atoms in total. The molecule has 0 aliphatic rings. The smallest absolute Gasteiger partial charge is 0.300 e. The van der Waals surface area contributed by atoms with Gasteiger partial charge in [0.15, 0.2) is 5.58 Å². The number of fused-ring (bicyclic) bond motifs is 5. The van der Waals surface area contributed by atoms with Gasteiger partial charge in [-0.2, -0.15) is 4.98 Å². The van der Waals surface area contributed by atoms with E-state index in [2.05, 4.69) is 23.8 Å². The summed E-state index contributed by atoms with van der Waals surface area (Å²) in [4.78, 5) is 4.48. The van der Waals surface area contributed by atoms with Crippen molar-refractivity contribution in [3.8, 4) is 0 Å². The Kier molecular flexibility index (Phi) is 3.15. The van der Waals surface area contributed by atoms with E-state index in [1.54, 1.807) is 0 Å². The quantitative estimate of drug-likeness (QED) is 0.497. The number of nitrogens with one attached hydrogen (secondary N) is 1. The normalized spacial score (nSPS) is 11.9. The highest BCUT2D eigenvalue weighted by atomic mass is 16.4. The number of anilines is 1. The van der Waals surface area contributed by atoms with Crippen molar-refractivity contribution in [2.45, 2.75) is 13.3 Å². The number of hydrogen-bond acceptors (Lipinski definition) is 4. The Labute approximate surface area is 133 Å². The van der Waals surface area contributed by atoms with Gasteiger partial charge in [-0.25, -0.2) is 0 Å². The molecule has 2 aromatic heterocycles. The monoisotopic (exact) mass is 304 g/mol. The van der Waals surface area contributed by atoms with Crippen molar-refractivity contribution in [1.82, 2.24) is 4.98 Å². The van der Waals surface area contributed by atoms with Crippen LogP contribution < -0.4 is 5.32 Å². The van der Waals surface area contributed by atoms with Gasteiger partial charge >= 0.3 is 0 Å². The van der Waals surface area contributed by atoms with E-state index in [1.165, 1.54) is 0 Å². The highest BCUT2D eigenvalue weighted by molar-refractivity contribution is 6.16. The van der Waals surface area contributed by atoms with Crippen molar-refractivity contribution < 1.29 is 8.83 Å². The summed E-state index contributed by atoms with van der Waals surface area (Å²) < 4.78 is 11.8. The van der Waals surface area contributed by atoms with Crippen LogP contribution in [0, 0.1) is 0 Å². The van der Waals surface area contributed by atoms with E-state index in [1.807, 2.05) is 48.6 Å². The maximum atomic E-state index is 5.92. The third kappa shape index (κ3) is 2.28. The number of hydrogen-bond donors (Lipinski definition) is 1. The molecule has 0 bridgehead atoms. The lowest BCUT2D eigenvalue weighted by atomic mass is 10.1. The standard InChI is InChI=1S/C19H16N2O2/c1-3-4-7-12(2)20-19-21-14-10-11-16-17(18(14)23-19)13-8-5-6-9-15(13)22-16/h4-11H,2-3H2,1H3,(H,20,21)/b7-4-. The lowest BCUT2D eigenvalue weighted by Crippen LogP contribution is -1.94. The molecule has 114 valence electrons. The fraction of sp³-hybridized carbons (Fsp3) is 0.105. The highest BCUT2D eigenvalue weighted by Crippen LogP contribution is 2.35. The van der Waals surface area contributed by atoms with Gasteiger partial charge in [0.25, 0.3) is 6.01 Å². The Morgan fingerprint density at radius 1 is 1.17 bits per heavy atom. The van der Waals surface area contributed by atoms with Gasteiger partial charge in [-0.15, -0.1) is 0 Å². The second-order valence-corrected chi connectivity index (χ2v) is 5.37. The molecule has 0 amide bonds. The minimum atomic E-state index is 0.434. The molecule has 4 heteroatoms. The number of furan rings is 1. The maximum absolute atomic E-state index is 5.92. The molecule has 0 aliphatic carbocycles. The second-order valence-electron chi connectivity index (χ2n) is 5.37. The van der Waals surface area contributed by atoms with Gasteiger partial charge in [0.05, 0.1) is 5.39 Å². The largest absolute Gasteiger partial charge is 0.456 e. The number of oxazole rings is 1. The SMILES string of the molecule is C=C(/C=C\CC)Nc1nc2ccc3oc4ccccc4c3c2o1. The van der Waals surface area contributed by atoms with Gasteiger partial charge in [0.2, 0.25) is 0 Å². The predicted octanol–water partition coefficient (Wildman–Crippen LogP) is 5.62. The Balaban J connectivity index is 1.86. The van der Waals surface area contributed by atoms with Crippen LogP contribution in [0.15, 0.2) is 69.7 Å². The number of rotatable bonds is 4. The van der Waals surface area contributed by atoms with Crippen molar-refractivity contribution in [2.24, 2.45) is 0 Å². The van der Waals surface area contributed by atoms with Crippen LogP contribution in [0.1, 0.15) is 13.3 Å². The van der Waals surface area contributed by atoms with Crippen LogP contribution in [0.5, 0.6) is 0 Å². The average molecular weight is 304 g/mol. The minimum Gasteiger partial charge on any atom is -0.456 e. The summed E-state index contributed by atoms with van der Waals surface area (Å²) in [6.45, 7) is 6.02. The fourth-order valence-corrected chi connectivity index (χ4v) is 2.69. The molecule has 4 aromatic rings. The van der Waals surface area contributed by atoms with Gasteiger partial charge in [0.1, 0.15) is 16.7 Å². The van der Waals surface area contributed by atoms with E-state index in [9.17, 15) is 0 Å². The summed E-state index contributed by atoms with van der Waals surface area (Å²) in [6, 6.07) is 12.2. The molecule has 0 fully saturated rings. The summed E-state index contributed by atoms with van der Waals surface area (Å²) in [6.07, 6.45) is 4.90. The molecule has 2 aromatic carbocycles. The van der Waals surface area contributed by atoms with Crippen LogP contribution >= 0.6 is 0 Å². The first-order valence-corrected chi connectivity index (χ1v) is 7.59. The minimum absolute atomic E-state index is 0.434. The number of aromatic nitrogens is 1. The third-order valence-corrected chi connectivity index (χ3v) is 3.72. The second kappa shape index (κ2) is 5.32. The zero-order valence-electron chi connectivity index (χ0n) is 12.8. The van der Waals surface area contributed by atoms with Gasteiger partial charge < -0.3 is 14.2 Å². The molecule has 1 N–H and O–H groups in total. The third-order valence-electron chi connectivity index (χ3n) is 3.72. The van der Waals surface area contributed by atoms with E-state index in [4.69, 9.17) is 8.83 Å². The van der Waals surface area contributed by atoms with Gasteiger partial charge in [-0.1, -0.05) is 37.8 Å². The Morgan fingerprint density at radius 3 is 2.91 bits per heavy atom. The highest BCUT2D eigenvalue weighted by Gasteiger charge is 2.15. The van der Waals surface area contributed by atoms with Crippen LogP contribution in [0.25, 0.3) is 33.0 Å². The Morgan fingerprint density at radius 2 is 2.04 bits per heavy atom. The van der Waals surface area contributed by atoms with Gasteiger partial charge in [-0.05, 0) is 30.7 Å². The molecule has 0 saturated carbocycles. The van der Waals surface area contributed by atoms with E-state index in [0.717, 1.165) is 45.2 Å². The predicted molar refractivity (Wildman–Crippen MR) is 93.5 cm³/mol. The van der Waals surface area contributed by atoms with Crippen molar-refractivity contribution in [1.29, 1.82) is 0 Å². The molecule has 0 radical (unpaired) electrons. The van der Waals surface area contributed by atoms with Crippen molar-refractivity contribution in [3.05, 3.63) is 60.8 Å². The molecule has 0 saturated heterocycles. The molecular weight excluding hydrogens is 288 g/mol. The van der Waals surface area contributed by atoms with Crippen LogP contribution in [-0.4, -0.2) is 4.98 Å². The lowest BCUT2D eigenvalue weighted by Gasteiger charge is -1.98. The summed E-state index contributed by atoms with van der Waals surface area (Å²) in [5, 5.41) is 5.06. The first-order chi connectivity index (χ1) is 11.3. The zero-order chi connectivity index (χ0) is 15.8. The number of para-hydroxylation sites is 1. The van der Waals surface area contributed by atoms with Gasteiger partial charge in [-0.3, -0.25) is 0 Å². The van der Waals surface area contributed by atoms with E-state index in [-0.39, 0.29) is 0 Å². The molecule has 23 heavy (non-hydrogen) atoms. The van der Waals surface area contributed by atoms with Crippen LogP contribution in [0.3, 0.4) is 0 Å². The lowest BCUT2D eigenvalue weighted by molar-refractivity contribution is 0.623. The summed E-state index contributed by atoms with van der Waals surface area (Å²) in [5.41, 5.74) is 3.90. The van der Waals surface area contributed by atoms with Crippen LogP contribution in [-0.2, 0) is 0 Å². The summed E-state index contributed by atoms with van der Waals surface area (Å²) in [7, 11) is 0. The maximum Gasteiger partial charge on any atom is 0.300 e. The topological polar surface area (TPSA) is 51.2 Å². The first kappa shape index (κ1) is 13.6. The fourth-order valence-electron chi connectivity index (χ4n) is 2.69. The Bertz CT molecular complexity index is 1050. The van der Waals surface area contributed by atoms with E-state index in [0.29, 0.717) is 6.01 Å². The van der Waals surface area contributed by atoms with E-state index < -0.39 is 0 Å². The molecular formula is C19H16N2O2. The van der Waals surface area contributed by atoms with E-state index >= 15 is 0 Å². The Hall–Kier alpha value is -3.01. The number of nitrogens with zero attached hydrogens (tertiary/aromatic N) is 1. The number of benzene rings is 2. The average Bonchev–Trinajstić information content (AvgIpc) is 3.12. The van der Waals surface area contributed by atoms with Crippen molar-refractivity contribution >= 4 is 39.1 Å². The zero-order valence-corrected chi connectivity index (χ0v) is 12.8.